The third kappa shape index (κ3) is 4.71. The monoisotopic (exact) mass is 452 g/mol. The van der Waals surface area contributed by atoms with Crippen LogP contribution in [0.5, 0.6) is 0 Å². The molecule has 0 spiro atoms. The molecule has 0 bridgehead atoms. The number of alkyl carbamates (subject to hydrolysis) is 1. The molecule has 0 saturated carbocycles. The molecule has 0 radical (unpaired) electrons. The Hall–Kier alpha value is -3.39. The largest absolute Gasteiger partial charge is 0.480 e. The van der Waals surface area contributed by atoms with E-state index in [4.69, 9.17) is 9.47 Å². The summed E-state index contributed by atoms with van der Waals surface area (Å²) in [6, 6.07) is 14.1. The van der Waals surface area contributed by atoms with Gasteiger partial charge in [0.1, 0.15) is 18.7 Å². The van der Waals surface area contributed by atoms with Crippen LogP contribution in [0.1, 0.15) is 36.3 Å². The van der Waals surface area contributed by atoms with E-state index in [0.717, 1.165) is 35.1 Å². The molecular formula is C25H28N2O6. The van der Waals surface area contributed by atoms with Crippen LogP contribution in [0.4, 0.5) is 4.79 Å². The summed E-state index contributed by atoms with van der Waals surface area (Å²) in [5, 5.41) is 12.1. The summed E-state index contributed by atoms with van der Waals surface area (Å²) in [5.74, 6) is -1.61. The highest BCUT2D eigenvalue weighted by molar-refractivity contribution is 5.89. The van der Waals surface area contributed by atoms with Crippen LogP contribution in [-0.2, 0) is 19.1 Å². The first-order valence-electron chi connectivity index (χ1n) is 11.1. The molecule has 4 rings (SSSR count). The molecule has 2 atom stereocenters. The van der Waals surface area contributed by atoms with E-state index in [2.05, 4.69) is 17.4 Å². The molecule has 2 amide bonds. The Bertz CT molecular complexity index is 994. The first kappa shape index (κ1) is 22.8. The van der Waals surface area contributed by atoms with E-state index in [1.165, 1.54) is 12.0 Å². The number of carboxylic acids is 1. The number of carbonyl (C=O) groups is 3. The van der Waals surface area contributed by atoms with Crippen LogP contribution in [0, 0.1) is 0 Å². The lowest BCUT2D eigenvalue weighted by Crippen LogP contribution is -2.56. The number of benzene rings is 2. The maximum Gasteiger partial charge on any atom is 0.407 e. The van der Waals surface area contributed by atoms with Gasteiger partial charge in [0, 0.05) is 19.6 Å². The number of fused-ring (bicyclic) bond motifs is 3. The molecule has 2 N–H and O–H groups in total. The summed E-state index contributed by atoms with van der Waals surface area (Å²) in [5.41, 5.74) is 4.43. The predicted octanol–water partition coefficient (Wildman–Crippen LogP) is 3.01. The molecule has 33 heavy (non-hydrogen) atoms. The minimum Gasteiger partial charge on any atom is -0.480 e. The second-order valence-electron chi connectivity index (χ2n) is 8.36. The highest BCUT2D eigenvalue weighted by Crippen LogP contribution is 2.44. The van der Waals surface area contributed by atoms with Crippen LogP contribution >= 0.6 is 0 Å². The summed E-state index contributed by atoms with van der Waals surface area (Å²) >= 11 is 0. The van der Waals surface area contributed by atoms with E-state index in [9.17, 15) is 19.5 Å². The smallest absolute Gasteiger partial charge is 0.407 e. The van der Waals surface area contributed by atoms with E-state index in [-0.39, 0.29) is 19.1 Å². The second-order valence-corrected chi connectivity index (χ2v) is 8.36. The van der Waals surface area contributed by atoms with Crippen molar-refractivity contribution < 1.29 is 29.0 Å². The molecule has 1 aliphatic carbocycles. The van der Waals surface area contributed by atoms with Gasteiger partial charge in [-0.05, 0) is 41.5 Å². The van der Waals surface area contributed by atoms with Crippen molar-refractivity contribution in [2.75, 3.05) is 26.9 Å². The standard InChI is InChI=1S/C25H28N2O6/c1-32-15-21(23(28)27-13-7-6-12-22(27)24(29)30)26-25(31)33-14-20-18-10-4-2-8-16(18)17-9-3-5-11-19(17)20/h2-5,8-11,20-22H,6-7,12-15H2,1H3,(H,26,31)(H,29,30)/t21-,22?/m0/s1. The zero-order valence-electron chi connectivity index (χ0n) is 18.5. The van der Waals surface area contributed by atoms with Gasteiger partial charge in [-0.1, -0.05) is 48.5 Å². The minimum absolute atomic E-state index is 0.0775. The van der Waals surface area contributed by atoms with Crippen molar-refractivity contribution in [1.82, 2.24) is 10.2 Å². The molecule has 8 heteroatoms. The van der Waals surface area contributed by atoms with Crippen LogP contribution in [0.2, 0.25) is 0 Å². The van der Waals surface area contributed by atoms with E-state index in [1.807, 2.05) is 36.4 Å². The van der Waals surface area contributed by atoms with Crippen LogP contribution in [0.15, 0.2) is 48.5 Å². The van der Waals surface area contributed by atoms with Gasteiger partial charge in [0.25, 0.3) is 0 Å². The predicted molar refractivity (Wildman–Crippen MR) is 121 cm³/mol. The van der Waals surface area contributed by atoms with E-state index in [0.29, 0.717) is 13.0 Å². The first-order chi connectivity index (χ1) is 16.0. The highest BCUT2D eigenvalue weighted by atomic mass is 16.5. The minimum atomic E-state index is -1.04. The maximum atomic E-state index is 13.0. The number of likely N-dealkylation sites (tertiary alicyclic amines) is 1. The van der Waals surface area contributed by atoms with Crippen molar-refractivity contribution in [3.63, 3.8) is 0 Å². The average Bonchev–Trinajstić information content (AvgIpc) is 3.15. The number of ether oxygens (including phenoxy) is 2. The van der Waals surface area contributed by atoms with Crippen molar-refractivity contribution in [2.45, 2.75) is 37.3 Å². The third-order valence-electron chi connectivity index (χ3n) is 6.34. The molecule has 1 saturated heterocycles. The van der Waals surface area contributed by atoms with Gasteiger partial charge in [-0.3, -0.25) is 4.79 Å². The van der Waals surface area contributed by atoms with Gasteiger partial charge in [0.05, 0.1) is 6.61 Å². The third-order valence-corrected chi connectivity index (χ3v) is 6.34. The Morgan fingerprint density at radius 3 is 2.30 bits per heavy atom. The van der Waals surface area contributed by atoms with Gasteiger partial charge in [0.15, 0.2) is 0 Å². The average molecular weight is 453 g/mol. The van der Waals surface area contributed by atoms with Gasteiger partial charge >= 0.3 is 12.1 Å². The van der Waals surface area contributed by atoms with Crippen LogP contribution in [0.25, 0.3) is 11.1 Å². The Labute approximate surface area is 192 Å². The Kier molecular flexibility index (Phi) is 6.93. The van der Waals surface area contributed by atoms with Crippen LogP contribution in [-0.4, -0.2) is 66.9 Å². The number of nitrogens with one attached hydrogen (secondary N) is 1. The number of aliphatic carboxylic acids is 1. The summed E-state index contributed by atoms with van der Waals surface area (Å²) in [6.07, 6.45) is 1.12. The number of methoxy groups -OCH3 is 1. The Morgan fingerprint density at radius 1 is 1.06 bits per heavy atom. The number of hydrogen-bond acceptors (Lipinski definition) is 5. The second kappa shape index (κ2) is 10.0. The van der Waals surface area contributed by atoms with Gasteiger partial charge < -0.3 is 24.8 Å². The van der Waals surface area contributed by atoms with Crippen molar-refractivity contribution in [3.8, 4) is 11.1 Å². The molecule has 2 aromatic carbocycles. The summed E-state index contributed by atoms with van der Waals surface area (Å²) in [6.45, 7) is 0.378. The summed E-state index contributed by atoms with van der Waals surface area (Å²) in [4.78, 5) is 38.6. The van der Waals surface area contributed by atoms with Crippen LogP contribution in [0.3, 0.4) is 0 Å². The number of nitrogens with zero attached hydrogens (tertiary/aromatic N) is 1. The molecule has 2 aromatic rings. The highest BCUT2D eigenvalue weighted by Gasteiger charge is 2.36. The quantitative estimate of drug-likeness (QED) is 0.669. The van der Waals surface area contributed by atoms with Crippen molar-refractivity contribution in [1.29, 1.82) is 0 Å². The molecule has 174 valence electrons. The lowest BCUT2D eigenvalue weighted by atomic mass is 9.98. The zero-order chi connectivity index (χ0) is 23.4. The molecule has 1 heterocycles. The fourth-order valence-electron chi connectivity index (χ4n) is 4.78. The lowest BCUT2D eigenvalue weighted by Gasteiger charge is -2.35. The summed E-state index contributed by atoms with van der Waals surface area (Å²) in [7, 11) is 1.42. The molecule has 0 aromatic heterocycles. The molecule has 1 unspecified atom stereocenters. The zero-order valence-corrected chi connectivity index (χ0v) is 18.5. The number of rotatable bonds is 7. The van der Waals surface area contributed by atoms with Gasteiger partial charge in [-0.2, -0.15) is 0 Å². The van der Waals surface area contributed by atoms with Crippen molar-refractivity contribution in [2.24, 2.45) is 0 Å². The number of carboxylic acid groups (broad SMARTS) is 1. The fourth-order valence-corrected chi connectivity index (χ4v) is 4.78. The molecule has 8 nitrogen and oxygen atoms in total. The normalized spacial score (nSPS) is 18.2. The SMILES string of the molecule is COC[C@H](NC(=O)OCC1c2ccccc2-c2ccccc21)C(=O)N1CCCCC1C(=O)O. The van der Waals surface area contributed by atoms with Crippen LogP contribution < -0.4 is 5.32 Å². The Balaban J connectivity index is 1.43. The molecule has 2 aliphatic rings. The van der Waals surface area contributed by atoms with Gasteiger partial charge in [-0.25, -0.2) is 9.59 Å². The van der Waals surface area contributed by atoms with E-state index in [1.54, 1.807) is 0 Å². The van der Waals surface area contributed by atoms with E-state index >= 15 is 0 Å². The number of piperidine rings is 1. The number of hydrogen-bond donors (Lipinski definition) is 2. The molecule has 1 aliphatic heterocycles. The number of amides is 2. The first-order valence-corrected chi connectivity index (χ1v) is 11.1. The fraction of sp³-hybridized carbons (Fsp3) is 0.400. The topological polar surface area (TPSA) is 105 Å². The van der Waals surface area contributed by atoms with E-state index < -0.39 is 30.1 Å². The lowest BCUT2D eigenvalue weighted by molar-refractivity contribution is -0.153. The van der Waals surface area contributed by atoms with Crippen molar-refractivity contribution in [3.05, 3.63) is 59.7 Å². The number of carbonyl (C=O) groups excluding carboxylic acids is 2. The Morgan fingerprint density at radius 2 is 1.70 bits per heavy atom. The van der Waals surface area contributed by atoms with Gasteiger partial charge in [0.2, 0.25) is 5.91 Å². The summed E-state index contributed by atoms with van der Waals surface area (Å²) < 4.78 is 10.7. The van der Waals surface area contributed by atoms with Gasteiger partial charge in [-0.15, -0.1) is 0 Å². The molecule has 1 fully saturated rings. The molecular weight excluding hydrogens is 424 g/mol. The maximum absolute atomic E-state index is 13.0. The van der Waals surface area contributed by atoms with Crippen molar-refractivity contribution >= 4 is 18.0 Å².